The lowest BCUT2D eigenvalue weighted by molar-refractivity contribution is 0.0453. The Morgan fingerprint density at radius 3 is 2.42 bits per heavy atom. The predicted octanol–water partition coefficient (Wildman–Crippen LogP) is 2.65. The fourth-order valence-corrected chi connectivity index (χ4v) is 3.27. The van der Waals surface area contributed by atoms with Crippen LogP contribution in [0.5, 0.6) is 11.5 Å². The monoisotopic (exact) mass is 352 g/mol. The highest BCUT2D eigenvalue weighted by Crippen LogP contribution is 2.44. The number of aromatic amines is 2. The lowest BCUT2D eigenvalue weighted by atomic mass is 9.96. The van der Waals surface area contributed by atoms with Gasteiger partial charge in [-0.15, -0.1) is 0 Å². The van der Waals surface area contributed by atoms with E-state index in [-0.39, 0.29) is 11.1 Å². The Morgan fingerprint density at radius 2 is 1.73 bits per heavy atom. The van der Waals surface area contributed by atoms with Gasteiger partial charge in [-0.05, 0) is 6.07 Å². The van der Waals surface area contributed by atoms with Gasteiger partial charge in [0.25, 0.3) is 5.56 Å². The maximum Gasteiger partial charge on any atom is 0.343 e. The number of hydrogen-bond donors (Lipinski definition) is 2. The molecule has 0 fully saturated rings. The van der Waals surface area contributed by atoms with E-state index in [9.17, 15) is 9.59 Å². The number of methoxy groups -OCH3 is 2. The minimum absolute atomic E-state index is 0.275. The molecule has 0 unspecified atom stereocenters. The molecule has 7 nitrogen and oxygen atoms in total. The van der Waals surface area contributed by atoms with Crippen molar-refractivity contribution in [2.24, 2.45) is 0 Å². The van der Waals surface area contributed by atoms with E-state index >= 15 is 0 Å². The van der Waals surface area contributed by atoms with Crippen molar-refractivity contribution in [3.8, 4) is 22.8 Å². The number of esters is 1. The molecule has 132 valence electrons. The maximum absolute atomic E-state index is 12.5. The van der Waals surface area contributed by atoms with Crippen molar-refractivity contribution in [2.75, 3.05) is 14.2 Å². The Balaban J connectivity index is 1.91. The van der Waals surface area contributed by atoms with E-state index < -0.39 is 12.1 Å². The summed E-state index contributed by atoms with van der Waals surface area (Å²) in [6.45, 7) is 0. The van der Waals surface area contributed by atoms with E-state index in [1.54, 1.807) is 12.1 Å². The smallest absolute Gasteiger partial charge is 0.343 e. The minimum atomic E-state index is -0.831. The van der Waals surface area contributed by atoms with Gasteiger partial charge in [0.1, 0.15) is 5.56 Å². The summed E-state index contributed by atoms with van der Waals surface area (Å²) in [5.41, 5.74) is 2.23. The molecule has 0 bridgehead atoms. The molecule has 7 heteroatoms. The standard InChI is InChI=1S/C19H16N2O5/c1-24-12-9-8-11-13(17(12)25-2)19(23)26-16(11)14-15(20-21-18(14)22)10-6-4-3-5-7-10/h3-9,16H,1-2H3,(H2,20,21,22)/t16-/m0/s1. The van der Waals surface area contributed by atoms with Crippen LogP contribution in [-0.2, 0) is 4.74 Å². The number of carbonyl (C=O) groups is 1. The molecule has 1 atom stereocenters. The van der Waals surface area contributed by atoms with Crippen LogP contribution in [-0.4, -0.2) is 30.4 Å². The van der Waals surface area contributed by atoms with E-state index in [4.69, 9.17) is 14.2 Å². The lowest BCUT2D eigenvalue weighted by Gasteiger charge is -2.12. The van der Waals surface area contributed by atoms with Crippen molar-refractivity contribution in [3.63, 3.8) is 0 Å². The summed E-state index contributed by atoms with van der Waals surface area (Å²) in [7, 11) is 2.95. The van der Waals surface area contributed by atoms with Crippen LogP contribution >= 0.6 is 0 Å². The topological polar surface area (TPSA) is 93.4 Å². The third-order valence-corrected chi connectivity index (χ3v) is 4.43. The first kappa shape index (κ1) is 16.0. The fourth-order valence-electron chi connectivity index (χ4n) is 3.27. The van der Waals surface area contributed by atoms with Gasteiger partial charge < -0.3 is 14.2 Å². The Bertz CT molecular complexity index is 1040. The van der Waals surface area contributed by atoms with E-state index in [1.807, 2.05) is 30.3 Å². The summed E-state index contributed by atoms with van der Waals surface area (Å²) >= 11 is 0. The molecule has 0 saturated carbocycles. The number of benzene rings is 2. The van der Waals surface area contributed by atoms with Crippen LogP contribution in [0, 0.1) is 0 Å². The number of rotatable bonds is 4. The van der Waals surface area contributed by atoms with Crippen LogP contribution in [0.2, 0.25) is 0 Å². The van der Waals surface area contributed by atoms with Crippen molar-refractivity contribution in [2.45, 2.75) is 6.10 Å². The van der Waals surface area contributed by atoms with Gasteiger partial charge in [-0.1, -0.05) is 36.4 Å². The number of hydrogen-bond acceptors (Lipinski definition) is 5. The quantitative estimate of drug-likeness (QED) is 0.704. The average molecular weight is 352 g/mol. The van der Waals surface area contributed by atoms with Gasteiger partial charge in [0.2, 0.25) is 0 Å². The predicted molar refractivity (Wildman–Crippen MR) is 93.7 cm³/mol. The first-order chi connectivity index (χ1) is 12.7. The van der Waals surface area contributed by atoms with Gasteiger partial charge in [-0.2, -0.15) is 0 Å². The van der Waals surface area contributed by atoms with Crippen molar-refractivity contribution in [3.05, 3.63) is 69.5 Å². The summed E-state index contributed by atoms with van der Waals surface area (Å²) in [6.07, 6.45) is -0.831. The highest BCUT2D eigenvalue weighted by atomic mass is 16.6. The molecule has 2 heterocycles. The van der Waals surface area contributed by atoms with Gasteiger partial charge in [0.05, 0.1) is 25.5 Å². The Labute approximate surface area is 148 Å². The number of carbonyl (C=O) groups excluding carboxylic acids is 1. The molecule has 1 aliphatic heterocycles. The van der Waals surface area contributed by atoms with Crippen molar-refractivity contribution < 1.29 is 19.0 Å². The minimum Gasteiger partial charge on any atom is -0.493 e. The largest absolute Gasteiger partial charge is 0.493 e. The highest BCUT2D eigenvalue weighted by Gasteiger charge is 2.39. The van der Waals surface area contributed by atoms with E-state index in [0.717, 1.165) is 5.56 Å². The second kappa shape index (κ2) is 6.11. The van der Waals surface area contributed by atoms with Crippen molar-refractivity contribution in [1.82, 2.24) is 10.2 Å². The molecular weight excluding hydrogens is 336 g/mol. The van der Waals surface area contributed by atoms with Crippen LogP contribution < -0.4 is 15.0 Å². The molecule has 0 radical (unpaired) electrons. The number of H-pyrrole nitrogens is 2. The summed E-state index contributed by atoms with van der Waals surface area (Å²) in [5, 5.41) is 5.46. The molecule has 0 amide bonds. The molecule has 2 N–H and O–H groups in total. The Morgan fingerprint density at radius 1 is 0.962 bits per heavy atom. The second-order valence-electron chi connectivity index (χ2n) is 5.78. The SMILES string of the molecule is COc1ccc2c(c1OC)C(=O)O[C@@H]2c1c(-c2ccccc2)[nH][nH]c1=O. The van der Waals surface area contributed by atoms with Gasteiger partial charge in [-0.25, -0.2) is 4.79 Å². The molecule has 2 aromatic carbocycles. The van der Waals surface area contributed by atoms with E-state index in [2.05, 4.69) is 10.2 Å². The molecule has 0 spiro atoms. The molecule has 1 aliphatic rings. The van der Waals surface area contributed by atoms with Crippen LogP contribution in [0.25, 0.3) is 11.3 Å². The fraction of sp³-hybridized carbons (Fsp3) is 0.158. The molecule has 3 aromatic rings. The molecular formula is C19H16N2O5. The van der Waals surface area contributed by atoms with Crippen molar-refractivity contribution >= 4 is 5.97 Å². The normalized spacial score (nSPS) is 15.5. The maximum atomic E-state index is 12.5. The number of ether oxygens (including phenoxy) is 3. The molecule has 4 rings (SSSR count). The summed E-state index contributed by atoms with van der Waals surface area (Å²) in [6, 6.07) is 12.8. The first-order valence-electron chi connectivity index (χ1n) is 7.97. The van der Waals surface area contributed by atoms with Crippen LogP contribution in [0.3, 0.4) is 0 Å². The Hall–Kier alpha value is -3.48. The lowest BCUT2D eigenvalue weighted by Crippen LogP contribution is -2.13. The third-order valence-electron chi connectivity index (χ3n) is 4.43. The molecule has 0 aliphatic carbocycles. The van der Waals surface area contributed by atoms with Gasteiger partial charge in [0.15, 0.2) is 17.6 Å². The Kier molecular flexibility index (Phi) is 3.76. The zero-order valence-electron chi connectivity index (χ0n) is 14.2. The summed E-state index contributed by atoms with van der Waals surface area (Å²) in [5.74, 6) is 0.168. The summed E-state index contributed by atoms with van der Waals surface area (Å²) in [4.78, 5) is 25.0. The van der Waals surface area contributed by atoms with Crippen LogP contribution in [0.15, 0.2) is 47.3 Å². The molecule has 0 saturated heterocycles. The number of cyclic esters (lactones) is 1. The second-order valence-corrected chi connectivity index (χ2v) is 5.78. The van der Waals surface area contributed by atoms with Crippen LogP contribution in [0.1, 0.15) is 27.6 Å². The number of aromatic nitrogens is 2. The molecule has 26 heavy (non-hydrogen) atoms. The first-order valence-corrected chi connectivity index (χ1v) is 7.97. The van der Waals surface area contributed by atoms with Gasteiger partial charge >= 0.3 is 5.97 Å². The van der Waals surface area contributed by atoms with E-state index in [1.165, 1.54) is 14.2 Å². The zero-order valence-corrected chi connectivity index (χ0v) is 14.2. The summed E-state index contributed by atoms with van der Waals surface area (Å²) < 4.78 is 16.1. The third kappa shape index (κ3) is 2.28. The van der Waals surface area contributed by atoms with Crippen molar-refractivity contribution in [1.29, 1.82) is 0 Å². The zero-order chi connectivity index (χ0) is 18.3. The van der Waals surface area contributed by atoms with Crippen LogP contribution in [0.4, 0.5) is 0 Å². The number of fused-ring (bicyclic) bond motifs is 1. The molecule has 1 aromatic heterocycles. The van der Waals surface area contributed by atoms with E-state index in [0.29, 0.717) is 28.3 Å². The van der Waals surface area contributed by atoms with Gasteiger partial charge in [0, 0.05) is 11.1 Å². The van der Waals surface area contributed by atoms with Gasteiger partial charge in [-0.3, -0.25) is 15.0 Å². The average Bonchev–Trinajstić information content (AvgIpc) is 3.21. The highest BCUT2D eigenvalue weighted by molar-refractivity contribution is 5.98. The number of nitrogens with one attached hydrogen (secondary N) is 2.